The number of benzene rings is 1. The van der Waals surface area contributed by atoms with Crippen molar-refractivity contribution in [3.63, 3.8) is 0 Å². The number of nitro benzene ring substituents is 1. The summed E-state index contributed by atoms with van der Waals surface area (Å²) >= 11 is 0. The summed E-state index contributed by atoms with van der Waals surface area (Å²) in [5.41, 5.74) is 6.19. The number of nitro groups is 1. The van der Waals surface area contributed by atoms with Crippen LogP contribution < -0.4 is 5.73 Å². The Morgan fingerprint density at radius 2 is 2.25 bits per heavy atom. The largest absolute Gasteiger partial charge is 0.380 e. The lowest BCUT2D eigenvalue weighted by Crippen LogP contribution is -2.33. The Bertz CT molecular complexity index is 474. The van der Waals surface area contributed by atoms with Gasteiger partial charge < -0.3 is 15.4 Å². The molecular weight excluding hydrogens is 262 g/mol. The van der Waals surface area contributed by atoms with Gasteiger partial charge in [0.05, 0.1) is 17.4 Å². The van der Waals surface area contributed by atoms with Gasteiger partial charge >= 0.3 is 0 Å². The maximum Gasteiger partial charge on any atom is 0.269 e. The first-order valence-electron chi connectivity index (χ1n) is 6.18. The van der Waals surface area contributed by atoms with Crippen molar-refractivity contribution in [3.05, 3.63) is 39.9 Å². The molecule has 20 heavy (non-hydrogen) atoms. The predicted octanol–water partition coefficient (Wildman–Crippen LogP) is 0.917. The smallest absolute Gasteiger partial charge is 0.269 e. The maximum absolute atomic E-state index is 12.0. The third kappa shape index (κ3) is 4.60. The third-order valence-corrected chi connectivity index (χ3v) is 2.97. The maximum atomic E-state index is 12.0. The second-order valence-corrected chi connectivity index (χ2v) is 4.47. The van der Waals surface area contributed by atoms with Crippen LogP contribution in [0.25, 0.3) is 0 Å². The van der Waals surface area contributed by atoms with Gasteiger partial charge in [-0.2, -0.15) is 0 Å². The Balaban J connectivity index is 2.65. The van der Waals surface area contributed by atoms with E-state index in [0.29, 0.717) is 12.1 Å². The summed E-state index contributed by atoms with van der Waals surface area (Å²) in [5.74, 6) is -0.117. The third-order valence-electron chi connectivity index (χ3n) is 2.97. The molecular formula is C13H19N3O4. The topological polar surface area (TPSA) is 98.7 Å². The molecule has 0 saturated heterocycles. The first-order valence-corrected chi connectivity index (χ1v) is 6.18. The van der Waals surface area contributed by atoms with Gasteiger partial charge in [-0.3, -0.25) is 14.9 Å². The molecule has 0 saturated carbocycles. The van der Waals surface area contributed by atoms with Crippen LogP contribution in [0.5, 0.6) is 0 Å². The molecule has 7 nitrogen and oxygen atoms in total. The lowest BCUT2D eigenvalue weighted by Gasteiger charge is -2.20. The van der Waals surface area contributed by atoms with E-state index in [1.165, 1.54) is 24.1 Å². The summed E-state index contributed by atoms with van der Waals surface area (Å²) in [5, 5.41) is 10.7. The van der Waals surface area contributed by atoms with Crippen LogP contribution in [0.15, 0.2) is 24.3 Å². The van der Waals surface area contributed by atoms with Gasteiger partial charge in [-0.05, 0) is 5.56 Å². The molecule has 1 atom stereocenters. The van der Waals surface area contributed by atoms with Crippen LogP contribution in [-0.4, -0.2) is 42.5 Å². The Kier molecular flexibility index (Phi) is 6.08. The van der Waals surface area contributed by atoms with Gasteiger partial charge in [0, 0.05) is 39.4 Å². The van der Waals surface area contributed by atoms with E-state index < -0.39 is 4.92 Å². The van der Waals surface area contributed by atoms with E-state index in [2.05, 4.69) is 0 Å². The SMILES string of the molecule is COC(CN)CC(=O)N(C)Cc1cccc([N+](=O)[O-])c1. The van der Waals surface area contributed by atoms with Crippen LogP contribution in [0.4, 0.5) is 5.69 Å². The highest BCUT2D eigenvalue weighted by Crippen LogP contribution is 2.14. The average Bonchev–Trinajstić information content (AvgIpc) is 2.44. The Morgan fingerprint density at radius 1 is 1.55 bits per heavy atom. The zero-order chi connectivity index (χ0) is 15.1. The highest BCUT2D eigenvalue weighted by molar-refractivity contribution is 5.76. The minimum Gasteiger partial charge on any atom is -0.380 e. The normalized spacial score (nSPS) is 11.9. The molecule has 0 aromatic heterocycles. The van der Waals surface area contributed by atoms with Crippen LogP contribution >= 0.6 is 0 Å². The van der Waals surface area contributed by atoms with E-state index in [9.17, 15) is 14.9 Å². The van der Waals surface area contributed by atoms with E-state index in [0.717, 1.165) is 0 Å². The molecule has 0 bridgehead atoms. The summed E-state index contributed by atoms with van der Waals surface area (Å²) in [6, 6.07) is 6.22. The molecule has 1 unspecified atom stereocenters. The minimum atomic E-state index is -0.458. The van der Waals surface area contributed by atoms with E-state index >= 15 is 0 Å². The lowest BCUT2D eigenvalue weighted by molar-refractivity contribution is -0.384. The zero-order valence-corrected chi connectivity index (χ0v) is 11.6. The summed E-state index contributed by atoms with van der Waals surface area (Å²) in [4.78, 5) is 23.7. The molecule has 2 N–H and O–H groups in total. The number of ether oxygens (including phenoxy) is 1. The monoisotopic (exact) mass is 281 g/mol. The van der Waals surface area contributed by atoms with Crippen molar-refractivity contribution in [2.24, 2.45) is 5.73 Å². The Hall–Kier alpha value is -1.99. The fourth-order valence-electron chi connectivity index (χ4n) is 1.74. The minimum absolute atomic E-state index is 0.0140. The van der Waals surface area contributed by atoms with Crippen molar-refractivity contribution in [2.75, 3.05) is 20.7 Å². The van der Waals surface area contributed by atoms with Gasteiger partial charge in [-0.25, -0.2) is 0 Å². The molecule has 1 aromatic rings. The number of carbonyl (C=O) groups is 1. The van der Waals surface area contributed by atoms with Gasteiger partial charge in [0.25, 0.3) is 5.69 Å². The molecule has 0 heterocycles. The van der Waals surface area contributed by atoms with Crippen LogP contribution in [-0.2, 0) is 16.1 Å². The van der Waals surface area contributed by atoms with E-state index in [1.807, 2.05) is 0 Å². The molecule has 0 aliphatic carbocycles. The first-order chi connectivity index (χ1) is 9.47. The number of hydrogen-bond donors (Lipinski definition) is 1. The van der Waals surface area contributed by atoms with Crippen molar-refractivity contribution in [1.82, 2.24) is 4.90 Å². The predicted molar refractivity (Wildman–Crippen MR) is 74.0 cm³/mol. The van der Waals surface area contributed by atoms with Crippen molar-refractivity contribution in [2.45, 2.75) is 19.1 Å². The van der Waals surface area contributed by atoms with Crippen LogP contribution in [0.2, 0.25) is 0 Å². The van der Waals surface area contributed by atoms with Crippen molar-refractivity contribution in [3.8, 4) is 0 Å². The number of nitrogens with two attached hydrogens (primary N) is 1. The standard InChI is InChI=1S/C13H19N3O4/c1-15(13(17)7-12(8-14)20-2)9-10-4-3-5-11(6-10)16(18)19/h3-6,12H,7-9,14H2,1-2H3. The summed E-state index contributed by atoms with van der Waals surface area (Å²) < 4.78 is 5.06. The second kappa shape index (κ2) is 7.56. The average molecular weight is 281 g/mol. The fourth-order valence-corrected chi connectivity index (χ4v) is 1.74. The lowest BCUT2D eigenvalue weighted by atomic mass is 10.1. The number of rotatable bonds is 7. The number of nitrogens with zero attached hydrogens (tertiary/aromatic N) is 2. The van der Waals surface area contributed by atoms with Gasteiger partial charge in [0.15, 0.2) is 0 Å². The fraction of sp³-hybridized carbons (Fsp3) is 0.462. The molecule has 0 aliphatic rings. The van der Waals surface area contributed by atoms with E-state index in [1.54, 1.807) is 19.2 Å². The molecule has 1 rings (SSSR count). The highest BCUT2D eigenvalue weighted by Gasteiger charge is 2.16. The highest BCUT2D eigenvalue weighted by atomic mass is 16.6. The number of non-ortho nitro benzene ring substituents is 1. The summed E-state index contributed by atoms with van der Waals surface area (Å²) in [6.45, 7) is 0.578. The molecule has 0 aliphatic heterocycles. The van der Waals surface area contributed by atoms with Crippen molar-refractivity contribution >= 4 is 11.6 Å². The number of amides is 1. The summed E-state index contributed by atoms with van der Waals surface area (Å²) in [6.07, 6.45) is -0.117. The quantitative estimate of drug-likeness (QED) is 0.591. The molecule has 0 spiro atoms. The molecule has 1 amide bonds. The zero-order valence-electron chi connectivity index (χ0n) is 11.6. The molecule has 0 fully saturated rings. The van der Waals surface area contributed by atoms with E-state index in [4.69, 9.17) is 10.5 Å². The van der Waals surface area contributed by atoms with Crippen LogP contribution in [0, 0.1) is 10.1 Å². The summed E-state index contributed by atoms with van der Waals surface area (Å²) in [7, 11) is 3.15. The van der Waals surface area contributed by atoms with Crippen LogP contribution in [0.3, 0.4) is 0 Å². The van der Waals surface area contributed by atoms with Gasteiger partial charge in [0.1, 0.15) is 0 Å². The van der Waals surface area contributed by atoms with Crippen molar-refractivity contribution in [1.29, 1.82) is 0 Å². The molecule has 0 radical (unpaired) electrons. The van der Waals surface area contributed by atoms with Gasteiger partial charge in [0.2, 0.25) is 5.91 Å². The number of methoxy groups -OCH3 is 1. The number of hydrogen-bond acceptors (Lipinski definition) is 5. The van der Waals surface area contributed by atoms with Gasteiger partial charge in [-0.1, -0.05) is 12.1 Å². The van der Waals surface area contributed by atoms with Crippen molar-refractivity contribution < 1.29 is 14.5 Å². The van der Waals surface area contributed by atoms with Gasteiger partial charge in [-0.15, -0.1) is 0 Å². The molecule has 110 valence electrons. The first kappa shape index (κ1) is 16.1. The molecule has 1 aromatic carbocycles. The second-order valence-electron chi connectivity index (χ2n) is 4.47. The Morgan fingerprint density at radius 3 is 2.80 bits per heavy atom. The van der Waals surface area contributed by atoms with Crippen LogP contribution in [0.1, 0.15) is 12.0 Å². The van der Waals surface area contributed by atoms with E-state index in [-0.39, 0.29) is 30.7 Å². The number of carbonyl (C=O) groups excluding carboxylic acids is 1. The Labute approximate surface area is 117 Å². The molecule has 7 heteroatoms.